The number of hydrogen-bond acceptors (Lipinski definition) is 6. The highest BCUT2D eigenvalue weighted by atomic mass is 16.3. The summed E-state index contributed by atoms with van der Waals surface area (Å²) in [5.41, 5.74) is 7.14. The lowest BCUT2D eigenvalue weighted by molar-refractivity contribution is 0.0968. The second-order valence-electron chi connectivity index (χ2n) is 7.43. The molecular weight excluding hydrogens is 370 g/mol. The Labute approximate surface area is 168 Å². The smallest absolute Gasteiger partial charge is 0.277 e. The lowest BCUT2D eigenvalue weighted by Gasteiger charge is -2.31. The number of piperidine rings is 1. The van der Waals surface area contributed by atoms with Crippen LogP contribution in [0.5, 0.6) is 5.75 Å². The fourth-order valence-electron chi connectivity index (χ4n) is 3.97. The van der Waals surface area contributed by atoms with Gasteiger partial charge in [0.25, 0.3) is 5.56 Å². The maximum Gasteiger partial charge on any atom is 0.277 e. The highest BCUT2D eigenvalue weighted by Crippen LogP contribution is 2.23. The van der Waals surface area contributed by atoms with Gasteiger partial charge in [-0.3, -0.25) is 9.59 Å². The molecule has 3 N–H and O–H groups in total. The van der Waals surface area contributed by atoms with E-state index in [0.717, 1.165) is 25.3 Å². The van der Waals surface area contributed by atoms with Crippen LogP contribution in [0.4, 0.5) is 5.95 Å². The fourth-order valence-corrected chi connectivity index (χ4v) is 3.97. The molecule has 0 radical (unpaired) electrons. The number of aryl methyl sites for hydroxylation is 1. The van der Waals surface area contributed by atoms with Crippen molar-refractivity contribution in [2.45, 2.75) is 38.9 Å². The Morgan fingerprint density at radius 3 is 2.83 bits per heavy atom. The molecule has 1 unspecified atom stereocenters. The van der Waals surface area contributed by atoms with Gasteiger partial charge in [-0.2, -0.15) is 0 Å². The van der Waals surface area contributed by atoms with Gasteiger partial charge in [0.2, 0.25) is 5.95 Å². The zero-order chi connectivity index (χ0) is 20.5. The van der Waals surface area contributed by atoms with Crippen LogP contribution < -0.4 is 16.2 Å². The first-order valence-corrected chi connectivity index (χ1v) is 9.91. The molecule has 1 saturated heterocycles. The predicted molar refractivity (Wildman–Crippen MR) is 112 cm³/mol. The quantitative estimate of drug-likeness (QED) is 0.638. The number of phenolic OH excluding ortho intramolecular Hbond substituents is 1. The van der Waals surface area contributed by atoms with Crippen molar-refractivity contribution in [2.24, 2.45) is 5.73 Å². The number of anilines is 1. The third kappa shape index (κ3) is 3.51. The lowest BCUT2D eigenvalue weighted by Crippen LogP contribution is -2.44. The van der Waals surface area contributed by atoms with Crippen molar-refractivity contribution in [3.63, 3.8) is 0 Å². The maximum absolute atomic E-state index is 13.2. The molecule has 3 aromatic rings. The van der Waals surface area contributed by atoms with Gasteiger partial charge in [-0.15, -0.1) is 0 Å². The number of Topliss-reactive ketones (excluding diaryl/α,β-unsaturated/α-hetero) is 1. The molecule has 1 fully saturated rings. The van der Waals surface area contributed by atoms with E-state index in [2.05, 4.69) is 4.90 Å². The molecule has 0 amide bonds. The number of rotatable bonds is 5. The molecule has 8 nitrogen and oxygen atoms in total. The molecule has 0 aliphatic carbocycles. The maximum atomic E-state index is 13.2. The molecule has 0 spiro atoms. The number of para-hydroxylation sites is 1. The van der Waals surface area contributed by atoms with E-state index in [4.69, 9.17) is 10.7 Å². The van der Waals surface area contributed by atoms with Crippen LogP contribution in [0.3, 0.4) is 0 Å². The molecule has 1 atom stereocenters. The summed E-state index contributed by atoms with van der Waals surface area (Å²) in [6.07, 6.45) is 3.57. The Morgan fingerprint density at radius 1 is 1.31 bits per heavy atom. The van der Waals surface area contributed by atoms with E-state index in [0.29, 0.717) is 24.1 Å². The predicted octanol–water partition coefficient (Wildman–Crippen LogP) is 1.73. The molecule has 0 saturated carbocycles. The minimum Gasteiger partial charge on any atom is -0.507 e. The number of ketones is 1. The number of fused-ring (bicyclic) bond motifs is 1. The van der Waals surface area contributed by atoms with Gasteiger partial charge in [0.05, 0.1) is 17.6 Å². The van der Waals surface area contributed by atoms with Gasteiger partial charge < -0.3 is 24.9 Å². The van der Waals surface area contributed by atoms with Crippen LogP contribution in [0.2, 0.25) is 0 Å². The number of aromatic nitrogens is 3. The molecule has 29 heavy (non-hydrogen) atoms. The number of benzene rings is 1. The van der Waals surface area contributed by atoms with Gasteiger partial charge in [0.1, 0.15) is 11.3 Å². The minimum absolute atomic E-state index is 0.0889. The Morgan fingerprint density at radius 2 is 2.10 bits per heavy atom. The average Bonchev–Trinajstić information content (AvgIpc) is 3.10. The first-order valence-electron chi connectivity index (χ1n) is 9.91. The van der Waals surface area contributed by atoms with E-state index in [-0.39, 0.29) is 35.2 Å². The summed E-state index contributed by atoms with van der Waals surface area (Å²) in [6.45, 7) is 3.98. The van der Waals surface area contributed by atoms with Crippen molar-refractivity contribution in [3.8, 4) is 5.75 Å². The first kappa shape index (κ1) is 19.2. The number of nitrogens with zero attached hydrogens (tertiary/aromatic N) is 4. The number of aromatic hydroxyl groups is 1. The minimum atomic E-state index is -0.325. The number of nitrogens with two attached hydrogens (primary N) is 1. The number of phenols is 1. The normalized spacial score (nSPS) is 17.0. The van der Waals surface area contributed by atoms with Crippen molar-refractivity contribution < 1.29 is 9.90 Å². The molecule has 0 bridgehead atoms. The van der Waals surface area contributed by atoms with Crippen molar-refractivity contribution >= 4 is 22.8 Å². The van der Waals surface area contributed by atoms with Crippen molar-refractivity contribution in [3.05, 3.63) is 52.4 Å². The fraction of sp³-hybridized carbons (Fsp3) is 0.381. The Kier molecular flexibility index (Phi) is 5.10. The monoisotopic (exact) mass is 395 g/mol. The van der Waals surface area contributed by atoms with Crippen molar-refractivity contribution in [1.29, 1.82) is 0 Å². The summed E-state index contributed by atoms with van der Waals surface area (Å²) in [7, 11) is 0. The van der Waals surface area contributed by atoms with E-state index < -0.39 is 0 Å². The number of carbonyl (C=O) groups excluding carboxylic acids is 1. The molecule has 1 aliphatic rings. The molecule has 1 aromatic carbocycles. The van der Waals surface area contributed by atoms with Crippen LogP contribution >= 0.6 is 0 Å². The van der Waals surface area contributed by atoms with Gasteiger partial charge in [0, 0.05) is 31.9 Å². The highest BCUT2D eigenvalue weighted by molar-refractivity contribution is 5.98. The molecule has 1 aliphatic heterocycles. The second kappa shape index (κ2) is 7.71. The Balaban J connectivity index is 1.73. The molecular formula is C21H25N5O3. The summed E-state index contributed by atoms with van der Waals surface area (Å²) in [5, 5.41) is 9.91. The van der Waals surface area contributed by atoms with Gasteiger partial charge in [0.15, 0.2) is 5.78 Å². The van der Waals surface area contributed by atoms with Crippen LogP contribution in [-0.4, -0.2) is 44.1 Å². The zero-order valence-corrected chi connectivity index (χ0v) is 16.4. The third-order valence-corrected chi connectivity index (χ3v) is 5.43. The average molecular weight is 395 g/mol. The Hall–Kier alpha value is -3.13. The van der Waals surface area contributed by atoms with Crippen LogP contribution in [-0.2, 0) is 13.1 Å². The summed E-state index contributed by atoms with van der Waals surface area (Å²) < 4.78 is 3.27. The third-order valence-electron chi connectivity index (χ3n) is 5.43. The van der Waals surface area contributed by atoms with Crippen molar-refractivity contribution in [2.75, 3.05) is 18.0 Å². The summed E-state index contributed by atoms with van der Waals surface area (Å²) in [4.78, 5) is 32.6. The molecule has 4 rings (SSSR count). The van der Waals surface area contributed by atoms with Gasteiger partial charge >= 0.3 is 0 Å². The Bertz CT molecular complexity index is 1120. The number of carbonyl (C=O) groups is 1. The summed E-state index contributed by atoms with van der Waals surface area (Å²) in [5.74, 6) is 0.336. The molecule has 2 aromatic heterocycles. The van der Waals surface area contributed by atoms with Crippen LogP contribution in [0, 0.1) is 0 Å². The zero-order valence-electron chi connectivity index (χ0n) is 16.4. The van der Waals surface area contributed by atoms with E-state index in [1.165, 1.54) is 10.6 Å². The van der Waals surface area contributed by atoms with Crippen molar-refractivity contribution in [1.82, 2.24) is 14.1 Å². The largest absolute Gasteiger partial charge is 0.507 e. The van der Waals surface area contributed by atoms with E-state index in [9.17, 15) is 14.7 Å². The number of pyridine rings is 1. The topological polar surface area (TPSA) is 106 Å². The second-order valence-corrected chi connectivity index (χ2v) is 7.43. The molecule has 152 valence electrons. The standard InChI is InChI=1S/C21H25N5O3/c1-2-26-19-16(23-21(26)25-10-5-6-14(22)12-25)9-11-24(20(19)29)13-18(28)15-7-3-4-8-17(15)27/h3-4,7-9,11,14,27H,2,5-6,10,12-13,22H2,1H3. The van der Waals surface area contributed by atoms with Crippen LogP contribution in [0.25, 0.3) is 11.0 Å². The number of imidazole rings is 1. The van der Waals surface area contributed by atoms with E-state index >= 15 is 0 Å². The van der Waals surface area contributed by atoms with Crippen LogP contribution in [0.15, 0.2) is 41.3 Å². The number of hydrogen-bond donors (Lipinski definition) is 2. The van der Waals surface area contributed by atoms with Gasteiger partial charge in [-0.05, 0) is 38.0 Å². The highest BCUT2D eigenvalue weighted by Gasteiger charge is 2.24. The van der Waals surface area contributed by atoms with E-state index in [1.54, 1.807) is 30.5 Å². The lowest BCUT2D eigenvalue weighted by atomic mass is 10.1. The van der Waals surface area contributed by atoms with Gasteiger partial charge in [-0.25, -0.2) is 4.98 Å². The SMILES string of the molecule is CCn1c(N2CCCC(N)C2)nc2ccn(CC(=O)c3ccccc3O)c(=O)c21. The summed E-state index contributed by atoms with van der Waals surface area (Å²) in [6, 6.07) is 8.20. The van der Waals surface area contributed by atoms with Crippen LogP contribution in [0.1, 0.15) is 30.1 Å². The summed E-state index contributed by atoms with van der Waals surface area (Å²) >= 11 is 0. The first-order chi connectivity index (χ1) is 14.0. The molecule has 8 heteroatoms. The van der Waals surface area contributed by atoms with Gasteiger partial charge in [-0.1, -0.05) is 12.1 Å². The molecule has 3 heterocycles. The van der Waals surface area contributed by atoms with E-state index in [1.807, 2.05) is 11.5 Å².